The first-order chi connectivity index (χ1) is 6.92. The van der Waals surface area contributed by atoms with Crippen LogP contribution in [0.2, 0.25) is 0 Å². The summed E-state index contributed by atoms with van der Waals surface area (Å²) in [6.45, 7) is 0.913. The van der Waals surface area contributed by atoms with Crippen LogP contribution in [0.5, 0.6) is 0 Å². The van der Waals surface area contributed by atoms with E-state index in [1.165, 1.54) is 0 Å². The van der Waals surface area contributed by atoms with E-state index in [0.717, 1.165) is 13.8 Å². The summed E-state index contributed by atoms with van der Waals surface area (Å²) in [6, 6.07) is 0. The Hall–Kier alpha value is -0.830. The largest absolute Gasteiger partial charge is 0.416 e. The number of alkyl halides is 3. The summed E-state index contributed by atoms with van der Waals surface area (Å²) >= 11 is 0. The highest BCUT2D eigenvalue weighted by Gasteiger charge is 2.61. The molecule has 0 aromatic heterocycles. The van der Waals surface area contributed by atoms with Gasteiger partial charge in [-0.3, -0.25) is 4.79 Å². The Morgan fingerprint density at radius 3 is 2.19 bits per heavy atom. The van der Waals surface area contributed by atoms with Gasteiger partial charge in [-0.15, -0.1) is 0 Å². The molecule has 0 aliphatic carbocycles. The Kier molecular flexibility index (Phi) is 2.75. The van der Waals surface area contributed by atoms with Crippen LogP contribution in [-0.2, 0) is 14.8 Å². The van der Waals surface area contributed by atoms with Crippen LogP contribution in [0.4, 0.5) is 13.2 Å². The van der Waals surface area contributed by atoms with Crippen molar-refractivity contribution in [1.29, 1.82) is 0 Å². The second-order valence-electron chi connectivity index (χ2n) is 3.91. The molecular weight excluding hydrogens is 251 g/mol. The molecule has 94 valence electrons. The second-order valence-corrected chi connectivity index (χ2v) is 6.32. The third-order valence-corrected chi connectivity index (χ3v) is 4.75. The number of aliphatic hydroxyl groups is 1. The molecule has 1 unspecified atom stereocenters. The van der Waals surface area contributed by atoms with Gasteiger partial charge in [0.05, 0.1) is 6.54 Å². The molecule has 0 radical (unpaired) electrons. The molecule has 1 rings (SSSR count). The van der Waals surface area contributed by atoms with E-state index < -0.39 is 39.5 Å². The van der Waals surface area contributed by atoms with Gasteiger partial charge < -0.3 is 5.11 Å². The first-order valence-electron chi connectivity index (χ1n) is 4.24. The van der Waals surface area contributed by atoms with Crippen molar-refractivity contribution in [2.75, 3.05) is 6.54 Å². The summed E-state index contributed by atoms with van der Waals surface area (Å²) in [5, 5.41) is 8.66. The van der Waals surface area contributed by atoms with Crippen molar-refractivity contribution in [3.63, 3.8) is 0 Å². The molecule has 0 aromatic carbocycles. The normalized spacial score (nSPS) is 25.1. The minimum absolute atomic E-state index is 0.0468. The van der Waals surface area contributed by atoms with Crippen molar-refractivity contribution in [2.45, 2.75) is 30.9 Å². The van der Waals surface area contributed by atoms with Gasteiger partial charge in [0.25, 0.3) is 15.9 Å². The van der Waals surface area contributed by atoms with Gasteiger partial charge in [-0.05, 0) is 13.8 Å². The summed E-state index contributed by atoms with van der Waals surface area (Å²) in [4.78, 5) is 11.2. The van der Waals surface area contributed by atoms with Crippen LogP contribution in [0.1, 0.15) is 13.8 Å². The fourth-order valence-corrected chi connectivity index (χ4v) is 2.73. The number of nitrogens with zero attached hydrogens (tertiary/aromatic N) is 1. The molecule has 0 spiro atoms. The van der Waals surface area contributed by atoms with Crippen LogP contribution in [-0.4, -0.2) is 47.3 Å². The molecule has 1 aliphatic heterocycles. The highest BCUT2D eigenvalue weighted by atomic mass is 32.2. The molecule has 16 heavy (non-hydrogen) atoms. The molecule has 1 heterocycles. The van der Waals surface area contributed by atoms with E-state index in [1.807, 2.05) is 0 Å². The van der Waals surface area contributed by atoms with E-state index in [9.17, 15) is 26.4 Å². The summed E-state index contributed by atoms with van der Waals surface area (Å²) in [6.07, 6.45) is -7.81. The SMILES string of the molecule is CC1(C)C(=O)N(CC(O)C(F)(F)F)S1(=O)=O. The summed E-state index contributed by atoms with van der Waals surface area (Å²) in [5.74, 6) is -0.948. The van der Waals surface area contributed by atoms with Gasteiger partial charge >= 0.3 is 6.18 Å². The summed E-state index contributed by atoms with van der Waals surface area (Å²) < 4.78 is 57.0. The molecule has 1 atom stereocenters. The third-order valence-electron chi connectivity index (χ3n) is 2.39. The molecule has 0 bridgehead atoms. The quantitative estimate of drug-likeness (QED) is 0.750. The van der Waals surface area contributed by atoms with E-state index >= 15 is 0 Å². The van der Waals surface area contributed by atoms with Crippen LogP contribution in [0.25, 0.3) is 0 Å². The van der Waals surface area contributed by atoms with Crippen LogP contribution in [0, 0.1) is 0 Å². The van der Waals surface area contributed by atoms with Crippen LogP contribution in [0.3, 0.4) is 0 Å². The van der Waals surface area contributed by atoms with Gasteiger partial charge in [0, 0.05) is 0 Å². The molecule has 5 nitrogen and oxygen atoms in total. The van der Waals surface area contributed by atoms with E-state index in [2.05, 4.69) is 0 Å². The lowest BCUT2D eigenvalue weighted by Gasteiger charge is -2.43. The number of amides is 1. The molecule has 0 saturated carbocycles. The Morgan fingerprint density at radius 1 is 1.44 bits per heavy atom. The zero-order valence-corrected chi connectivity index (χ0v) is 9.26. The number of aliphatic hydroxyl groups excluding tert-OH is 1. The van der Waals surface area contributed by atoms with E-state index in [1.54, 1.807) is 0 Å². The number of carbonyl (C=O) groups is 1. The van der Waals surface area contributed by atoms with Crippen LogP contribution in [0.15, 0.2) is 0 Å². The van der Waals surface area contributed by atoms with Crippen LogP contribution >= 0.6 is 0 Å². The minimum atomic E-state index is -4.95. The zero-order chi connectivity index (χ0) is 12.9. The van der Waals surface area contributed by atoms with Gasteiger partial charge in [-0.25, -0.2) is 12.7 Å². The summed E-state index contributed by atoms with van der Waals surface area (Å²) in [5.41, 5.74) is 0. The van der Waals surface area contributed by atoms with Crippen molar-refractivity contribution in [3.05, 3.63) is 0 Å². The van der Waals surface area contributed by atoms with Gasteiger partial charge in [0.1, 0.15) is 0 Å². The Balaban J connectivity index is 2.85. The number of halogens is 3. The molecule has 1 amide bonds. The molecule has 9 heteroatoms. The topological polar surface area (TPSA) is 74.7 Å². The first-order valence-corrected chi connectivity index (χ1v) is 5.68. The van der Waals surface area contributed by atoms with Crippen molar-refractivity contribution in [3.8, 4) is 0 Å². The lowest BCUT2D eigenvalue weighted by molar-refractivity contribution is -0.206. The second kappa shape index (κ2) is 3.33. The fourth-order valence-electron chi connectivity index (χ4n) is 1.20. The maximum atomic E-state index is 12.0. The first kappa shape index (κ1) is 13.2. The number of carbonyl (C=O) groups excluding carboxylic acids is 1. The number of rotatable bonds is 2. The van der Waals surface area contributed by atoms with E-state index in [-0.39, 0.29) is 4.31 Å². The maximum Gasteiger partial charge on any atom is 0.416 e. The average molecular weight is 261 g/mol. The van der Waals surface area contributed by atoms with E-state index in [0.29, 0.717) is 0 Å². The van der Waals surface area contributed by atoms with Crippen LogP contribution < -0.4 is 0 Å². The predicted octanol–water partition coefficient (Wildman–Crippen LogP) is -0.140. The van der Waals surface area contributed by atoms with Crippen molar-refractivity contribution in [2.24, 2.45) is 0 Å². The smallest absolute Gasteiger partial charge is 0.382 e. The van der Waals surface area contributed by atoms with Gasteiger partial charge in [-0.1, -0.05) is 0 Å². The Labute approximate surface area is 89.9 Å². The molecular formula is C7H10F3NO4S. The number of hydrogen-bond donors (Lipinski definition) is 1. The van der Waals surface area contributed by atoms with Gasteiger partial charge in [-0.2, -0.15) is 13.2 Å². The number of β-amino-alcohol motifs (C(OH)–C–C–N with tert-alkyl or cyclic N) is 1. The van der Waals surface area contributed by atoms with Gasteiger partial charge in [0.15, 0.2) is 10.9 Å². The molecule has 1 saturated heterocycles. The molecule has 0 aromatic rings. The highest BCUT2D eigenvalue weighted by molar-refractivity contribution is 7.94. The number of hydrogen-bond acceptors (Lipinski definition) is 4. The molecule has 1 fully saturated rings. The van der Waals surface area contributed by atoms with Gasteiger partial charge in [0.2, 0.25) is 0 Å². The Bertz CT molecular complexity index is 414. The molecule has 1 N–H and O–H groups in total. The maximum absolute atomic E-state index is 12.0. The summed E-state index contributed by atoms with van der Waals surface area (Å²) in [7, 11) is -4.08. The number of sulfonamides is 1. The zero-order valence-electron chi connectivity index (χ0n) is 8.45. The minimum Gasteiger partial charge on any atom is -0.382 e. The van der Waals surface area contributed by atoms with Crippen molar-refractivity contribution >= 4 is 15.9 Å². The Morgan fingerprint density at radius 2 is 1.88 bits per heavy atom. The lowest BCUT2D eigenvalue weighted by Crippen LogP contribution is -2.69. The standard InChI is InChI=1S/C7H10F3NO4S/c1-6(2)5(13)11(16(6,14)15)3-4(12)7(8,9)10/h4,12H,3H2,1-2H3. The van der Waals surface area contributed by atoms with Crippen molar-refractivity contribution < 1.29 is 31.5 Å². The molecule has 1 aliphatic rings. The van der Waals surface area contributed by atoms with E-state index in [4.69, 9.17) is 5.11 Å². The third kappa shape index (κ3) is 1.67. The monoisotopic (exact) mass is 261 g/mol. The van der Waals surface area contributed by atoms with Crippen molar-refractivity contribution in [1.82, 2.24) is 4.31 Å². The fraction of sp³-hybridized carbons (Fsp3) is 0.857. The lowest BCUT2D eigenvalue weighted by atomic mass is 10.2. The highest BCUT2D eigenvalue weighted by Crippen LogP contribution is 2.36. The predicted molar refractivity (Wildman–Crippen MR) is 46.8 cm³/mol. The average Bonchev–Trinajstić information content (AvgIpc) is 2.10.